The second-order valence-corrected chi connectivity index (χ2v) is 3.77. The van der Waals surface area contributed by atoms with Crippen molar-refractivity contribution in [2.45, 2.75) is 12.8 Å². The zero-order chi connectivity index (χ0) is 11.6. The summed E-state index contributed by atoms with van der Waals surface area (Å²) >= 11 is 0. The van der Waals surface area contributed by atoms with E-state index in [1.54, 1.807) is 7.11 Å². The number of rotatable bonds is 6. The van der Waals surface area contributed by atoms with Crippen molar-refractivity contribution in [1.29, 1.82) is 0 Å². The van der Waals surface area contributed by atoms with E-state index in [9.17, 15) is 0 Å². The molecule has 0 aromatic rings. The molecule has 1 fully saturated rings. The molecule has 0 aliphatic carbocycles. The van der Waals surface area contributed by atoms with Crippen LogP contribution in [0.4, 0.5) is 0 Å². The summed E-state index contributed by atoms with van der Waals surface area (Å²) < 4.78 is 10.3. The van der Waals surface area contributed by atoms with Crippen molar-refractivity contribution < 1.29 is 9.47 Å². The van der Waals surface area contributed by atoms with Crippen LogP contribution < -0.4 is 5.32 Å². The molecule has 0 amide bonds. The average molecular weight is 229 g/mol. The molecule has 5 heteroatoms. The van der Waals surface area contributed by atoms with Gasteiger partial charge >= 0.3 is 0 Å². The fourth-order valence-corrected chi connectivity index (χ4v) is 1.74. The first-order valence-corrected chi connectivity index (χ1v) is 5.90. The molecule has 0 radical (unpaired) electrons. The van der Waals surface area contributed by atoms with Gasteiger partial charge in [0.15, 0.2) is 5.96 Å². The van der Waals surface area contributed by atoms with Crippen LogP contribution in [0.1, 0.15) is 12.8 Å². The molecule has 0 aromatic heterocycles. The molecule has 5 nitrogen and oxygen atoms in total. The van der Waals surface area contributed by atoms with Crippen molar-refractivity contribution in [2.24, 2.45) is 4.99 Å². The number of hydrogen-bond donors (Lipinski definition) is 1. The molecule has 1 aliphatic rings. The minimum atomic E-state index is 0.653. The van der Waals surface area contributed by atoms with Crippen LogP contribution in [-0.2, 0) is 9.47 Å². The number of hydrogen-bond acceptors (Lipinski definition) is 3. The highest BCUT2D eigenvalue weighted by molar-refractivity contribution is 5.80. The van der Waals surface area contributed by atoms with E-state index in [0.717, 1.165) is 25.6 Å². The minimum absolute atomic E-state index is 0.653. The van der Waals surface area contributed by atoms with Crippen LogP contribution in [0.25, 0.3) is 0 Å². The second-order valence-electron chi connectivity index (χ2n) is 3.77. The van der Waals surface area contributed by atoms with E-state index in [1.807, 2.05) is 7.05 Å². The summed E-state index contributed by atoms with van der Waals surface area (Å²) in [5.74, 6) is 0.993. The maximum atomic E-state index is 5.37. The van der Waals surface area contributed by atoms with Crippen molar-refractivity contribution >= 4 is 5.96 Å². The summed E-state index contributed by atoms with van der Waals surface area (Å²) in [5, 5.41) is 3.30. The summed E-state index contributed by atoms with van der Waals surface area (Å²) in [7, 11) is 3.50. The Balaban J connectivity index is 2.05. The normalized spacial score (nSPS) is 16.9. The third kappa shape index (κ3) is 4.81. The first kappa shape index (κ1) is 13.3. The Morgan fingerprint density at radius 3 is 2.62 bits per heavy atom. The van der Waals surface area contributed by atoms with Gasteiger partial charge in [0, 0.05) is 33.8 Å². The molecule has 1 rings (SSSR count). The number of ether oxygens (including phenoxy) is 2. The topological polar surface area (TPSA) is 46.1 Å². The number of aliphatic imine (C=N–C) groups is 1. The fraction of sp³-hybridized carbons (Fsp3) is 0.909. The molecule has 0 atom stereocenters. The van der Waals surface area contributed by atoms with Gasteiger partial charge in [-0.1, -0.05) is 0 Å². The summed E-state index contributed by atoms with van der Waals surface area (Å²) in [6.45, 7) is 5.03. The number of methoxy groups -OCH3 is 1. The van der Waals surface area contributed by atoms with Gasteiger partial charge in [-0.15, -0.1) is 0 Å². The lowest BCUT2D eigenvalue weighted by Crippen LogP contribution is -2.41. The fourth-order valence-electron chi connectivity index (χ4n) is 1.74. The average Bonchev–Trinajstić information content (AvgIpc) is 2.82. The molecule has 0 aromatic carbocycles. The van der Waals surface area contributed by atoms with Gasteiger partial charge in [0.2, 0.25) is 0 Å². The Hall–Kier alpha value is -0.810. The molecule has 1 N–H and O–H groups in total. The quantitative estimate of drug-likeness (QED) is 0.405. The van der Waals surface area contributed by atoms with Gasteiger partial charge in [-0.2, -0.15) is 0 Å². The van der Waals surface area contributed by atoms with E-state index in [4.69, 9.17) is 9.47 Å². The predicted molar refractivity (Wildman–Crippen MR) is 64.9 cm³/mol. The van der Waals surface area contributed by atoms with Gasteiger partial charge < -0.3 is 19.7 Å². The maximum absolute atomic E-state index is 5.37. The zero-order valence-corrected chi connectivity index (χ0v) is 10.4. The number of likely N-dealkylation sites (tertiary alicyclic amines) is 1. The van der Waals surface area contributed by atoms with Crippen LogP contribution >= 0.6 is 0 Å². The molecule has 0 spiro atoms. The Morgan fingerprint density at radius 2 is 2.00 bits per heavy atom. The van der Waals surface area contributed by atoms with E-state index < -0.39 is 0 Å². The molecule has 1 saturated heterocycles. The molecular formula is C11H23N3O2. The molecule has 1 heterocycles. The van der Waals surface area contributed by atoms with E-state index >= 15 is 0 Å². The number of guanidine groups is 1. The lowest BCUT2D eigenvalue weighted by atomic mass is 10.4. The van der Waals surface area contributed by atoms with Gasteiger partial charge in [-0.3, -0.25) is 4.99 Å². The number of nitrogens with zero attached hydrogens (tertiary/aromatic N) is 2. The van der Waals surface area contributed by atoms with Crippen molar-refractivity contribution in [3.05, 3.63) is 0 Å². The molecule has 0 bridgehead atoms. The summed E-state index contributed by atoms with van der Waals surface area (Å²) in [4.78, 5) is 6.54. The van der Waals surface area contributed by atoms with Gasteiger partial charge in [0.05, 0.1) is 19.8 Å². The Kier molecular flexibility index (Phi) is 6.92. The summed E-state index contributed by atoms with van der Waals surface area (Å²) in [6.07, 6.45) is 2.54. The third-order valence-electron chi connectivity index (χ3n) is 2.58. The smallest absolute Gasteiger partial charge is 0.193 e. The third-order valence-corrected chi connectivity index (χ3v) is 2.58. The van der Waals surface area contributed by atoms with E-state index in [2.05, 4.69) is 15.2 Å². The summed E-state index contributed by atoms with van der Waals surface area (Å²) in [5.41, 5.74) is 0. The first-order chi connectivity index (χ1) is 7.88. The van der Waals surface area contributed by atoms with Crippen LogP contribution in [0.15, 0.2) is 4.99 Å². The van der Waals surface area contributed by atoms with Gasteiger partial charge in [0.1, 0.15) is 0 Å². The Bertz CT molecular complexity index is 203. The molecular weight excluding hydrogens is 206 g/mol. The van der Waals surface area contributed by atoms with E-state index in [-0.39, 0.29) is 0 Å². The van der Waals surface area contributed by atoms with Gasteiger partial charge in [-0.25, -0.2) is 0 Å². The first-order valence-electron chi connectivity index (χ1n) is 5.90. The predicted octanol–water partition coefficient (Wildman–Crippen LogP) is 0.321. The lowest BCUT2D eigenvalue weighted by Gasteiger charge is -2.20. The summed E-state index contributed by atoms with van der Waals surface area (Å²) in [6, 6.07) is 0. The maximum Gasteiger partial charge on any atom is 0.193 e. The molecule has 0 saturated carbocycles. The monoisotopic (exact) mass is 229 g/mol. The molecule has 94 valence electrons. The van der Waals surface area contributed by atoms with Crippen molar-refractivity contribution in [3.63, 3.8) is 0 Å². The van der Waals surface area contributed by atoms with Crippen molar-refractivity contribution in [1.82, 2.24) is 10.2 Å². The van der Waals surface area contributed by atoms with Crippen molar-refractivity contribution in [2.75, 3.05) is 53.6 Å². The highest BCUT2D eigenvalue weighted by Gasteiger charge is 2.14. The van der Waals surface area contributed by atoms with Crippen LogP contribution in [0.5, 0.6) is 0 Å². The molecule has 16 heavy (non-hydrogen) atoms. The van der Waals surface area contributed by atoms with Gasteiger partial charge in [-0.05, 0) is 12.8 Å². The standard InChI is InChI=1S/C11H23N3O2/c1-12-11(14-6-3-4-7-14)13-5-8-16-10-9-15-2/h3-10H2,1-2H3,(H,12,13). The largest absolute Gasteiger partial charge is 0.382 e. The van der Waals surface area contributed by atoms with E-state index in [0.29, 0.717) is 19.8 Å². The minimum Gasteiger partial charge on any atom is -0.382 e. The van der Waals surface area contributed by atoms with E-state index in [1.165, 1.54) is 12.8 Å². The highest BCUT2D eigenvalue weighted by Crippen LogP contribution is 2.06. The molecule has 1 aliphatic heterocycles. The van der Waals surface area contributed by atoms with Crippen LogP contribution in [0.2, 0.25) is 0 Å². The Labute approximate surface area is 97.8 Å². The van der Waals surface area contributed by atoms with Crippen molar-refractivity contribution in [3.8, 4) is 0 Å². The number of nitrogens with one attached hydrogen (secondary N) is 1. The SMILES string of the molecule is CN=C(NCCOCCOC)N1CCCC1. The Morgan fingerprint density at radius 1 is 1.25 bits per heavy atom. The zero-order valence-electron chi connectivity index (χ0n) is 10.4. The van der Waals surface area contributed by atoms with Crippen LogP contribution in [-0.4, -0.2) is 64.5 Å². The van der Waals surface area contributed by atoms with Crippen LogP contribution in [0.3, 0.4) is 0 Å². The van der Waals surface area contributed by atoms with Gasteiger partial charge in [0.25, 0.3) is 0 Å². The second kappa shape index (κ2) is 8.35. The lowest BCUT2D eigenvalue weighted by molar-refractivity contribution is 0.0731. The van der Waals surface area contributed by atoms with Crippen LogP contribution in [0, 0.1) is 0 Å². The molecule has 0 unspecified atom stereocenters. The highest BCUT2D eigenvalue weighted by atomic mass is 16.5.